The highest BCUT2D eigenvalue weighted by Gasteiger charge is 2.60. The summed E-state index contributed by atoms with van der Waals surface area (Å²) < 4.78 is 4.79. The summed E-state index contributed by atoms with van der Waals surface area (Å²) in [6.07, 6.45) is -0.296. The van der Waals surface area contributed by atoms with Crippen LogP contribution in [0.15, 0.2) is 47.2 Å². The number of carbonyl (C=O) groups excluding carboxylic acids is 4. The molecular formula is C27H24N2O9. The summed E-state index contributed by atoms with van der Waals surface area (Å²) in [4.78, 5) is 50.0. The van der Waals surface area contributed by atoms with Gasteiger partial charge >= 0.3 is 5.97 Å². The summed E-state index contributed by atoms with van der Waals surface area (Å²) in [5, 5.41) is 43.9. The van der Waals surface area contributed by atoms with Crippen molar-refractivity contribution < 1.29 is 44.3 Å². The van der Waals surface area contributed by atoms with Gasteiger partial charge in [0.05, 0.1) is 18.2 Å². The van der Waals surface area contributed by atoms with Crippen molar-refractivity contribution in [2.75, 3.05) is 12.8 Å². The minimum absolute atomic E-state index is 0.00233. The van der Waals surface area contributed by atoms with E-state index in [1.165, 1.54) is 19.2 Å². The maximum absolute atomic E-state index is 13.6. The van der Waals surface area contributed by atoms with Crippen LogP contribution in [0.3, 0.4) is 0 Å². The Balaban J connectivity index is 1.70. The van der Waals surface area contributed by atoms with E-state index in [9.17, 15) is 39.6 Å². The van der Waals surface area contributed by atoms with Gasteiger partial charge in [-0.3, -0.25) is 14.4 Å². The van der Waals surface area contributed by atoms with Crippen molar-refractivity contribution >= 4 is 34.9 Å². The van der Waals surface area contributed by atoms with Crippen molar-refractivity contribution in [1.29, 1.82) is 0 Å². The van der Waals surface area contributed by atoms with Crippen LogP contribution < -0.4 is 11.5 Å². The van der Waals surface area contributed by atoms with Crippen molar-refractivity contribution in [1.82, 2.24) is 0 Å². The lowest BCUT2D eigenvalue weighted by molar-refractivity contribution is -0.147. The summed E-state index contributed by atoms with van der Waals surface area (Å²) >= 11 is 0. The zero-order valence-corrected chi connectivity index (χ0v) is 20.1. The molecule has 0 heterocycles. The molecule has 0 bridgehead atoms. The molecule has 3 aliphatic carbocycles. The molecule has 1 fully saturated rings. The van der Waals surface area contributed by atoms with Crippen LogP contribution in [-0.2, 0) is 25.5 Å². The third-order valence-corrected chi connectivity index (χ3v) is 7.63. The number of carbonyl (C=O) groups is 4. The van der Waals surface area contributed by atoms with Gasteiger partial charge in [0, 0.05) is 23.6 Å². The number of phenolic OH excluding ortho intramolecular Hbond substituents is 1. The number of aliphatic hydroxyl groups is 3. The lowest BCUT2D eigenvalue weighted by Gasteiger charge is -2.46. The zero-order chi connectivity index (χ0) is 27.7. The van der Waals surface area contributed by atoms with E-state index < -0.39 is 64.4 Å². The van der Waals surface area contributed by atoms with Crippen LogP contribution in [0.4, 0.5) is 5.69 Å². The fourth-order valence-corrected chi connectivity index (χ4v) is 5.93. The van der Waals surface area contributed by atoms with Crippen molar-refractivity contribution in [2.24, 2.45) is 17.6 Å². The number of hydrogen-bond acceptors (Lipinski definition) is 10. The van der Waals surface area contributed by atoms with Gasteiger partial charge in [0.25, 0.3) is 5.91 Å². The molecule has 38 heavy (non-hydrogen) atoms. The molecule has 1 amide bonds. The molecule has 11 heteroatoms. The number of ether oxygens (including phenoxy) is 1. The first-order valence-electron chi connectivity index (χ1n) is 11.7. The molecule has 0 spiro atoms. The predicted molar refractivity (Wildman–Crippen MR) is 133 cm³/mol. The van der Waals surface area contributed by atoms with E-state index in [-0.39, 0.29) is 41.0 Å². The number of ketones is 2. The van der Waals surface area contributed by atoms with Gasteiger partial charge in [-0.05, 0) is 59.7 Å². The van der Waals surface area contributed by atoms with Gasteiger partial charge in [0.2, 0.25) is 5.78 Å². The lowest BCUT2D eigenvalue weighted by atomic mass is 9.59. The molecule has 11 nitrogen and oxygen atoms in total. The van der Waals surface area contributed by atoms with Gasteiger partial charge in [-0.15, -0.1) is 0 Å². The highest BCUT2D eigenvalue weighted by atomic mass is 16.5. The van der Waals surface area contributed by atoms with Crippen LogP contribution in [0.25, 0.3) is 16.9 Å². The molecule has 8 N–H and O–H groups in total. The largest absolute Gasteiger partial charge is 0.508 e. The maximum Gasteiger partial charge on any atom is 0.337 e. The second kappa shape index (κ2) is 8.45. The van der Waals surface area contributed by atoms with Crippen molar-refractivity contribution in [2.45, 2.75) is 24.9 Å². The number of primary amides is 1. The lowest BCUT2D eigenvalue weighted by Crippen LogP contribution is -2.58. The molecular weight excluding hydrogens is 496 g/mol. The summed E-state index contributed by atoms with van der Waals surface area (Å²) in [6.45, 7) is 0. The molecule has 0 radical (unpaired) electrons. The highest BCUT2D eigenvalue weighted by Crippen LogP contribution is 2.53. The first kappa shape index (κ1) is 25.0. The van der Waals surface area contributed by atoms with Gasteiger partial charge < -0.3 is 36.6 Å². The van der Waals surface area contributed by atoms with E-state index in [1.807, 2.05) is 0 Å². The number of aromatic hydroxyl groups is 1. The summed E-state index contributed by atoms with van der Waals surface area (Å²) in [5.74, 6) is -7.61. The Labute approximate surface area is 215 Å². The Morgan fingerprint density at radius 3 is 2.45 bits per heavy atom. The number of Topliss-reactive ketones (excluding diaryl/α,β-unsaturated/α-hetero) is 2. The minimum atomic E-state index is -2.63. The van der Waals surface area contributed by atoms with Crippen LogP contribution in [0.5, 0.6) is 5.75 Å². The number of hydrogen-bond donors (Lipinski definition) is 6. The third-order valence-electron chi connectivity index (χ3n) is 7.63. The number of esters is 1. The quantitative estimate of drug-likeness (QED) is 0.195. The molecule has 0 aliphatic heterocycles. The number of phenols is 1. The number of aliphatic hydroxyl groups excluding tert-OH is 2. The van der Waals surface area contributed by atoms with E-state index in [2.05, 4.69) is 0 Å². The Morgan fingerprint density at radius 2 is 1.79 bits per heavy atom. The van der Waals surface area contributed by atoms with Crippen molar-refractivity contribution in [3.8, 4) is 16.9 Å². The van der Waals surface area contributed by atoms with E-state index in [0.29, 0.717) is 16.7 Å². The fourth-order valence-electron chi connectivity index (χ4n) is 5.93. The standard InChI is InChI=1S/C27H24N2O9/c1-38-26(36)12-4-10(6-14(28)7-12)15-2-3-17(30)20-16(15)8-11-5-13-9-18(31)21(25(29)35)24(34)27(13,37)23(33)19(11)22(20)32/h2-4,6-7,11,13,30,32,34,37H,5,8-9,28H2,1H3,(H2,29,35)/t11-,13+,27+/m1/s1. The topological polar surface area (TPSA) is 210 Å². The second-order valence-corrected chi connectivity index (χ2v) is 9.73. The average molecular weight is 520 g/mol. The van der Waals surface area contributed by atoms with Crippen LogP contribution in [-0.4, -0.2) is 56.6 Å². The number of nitrogen functional groups attached to an aromatic ring is 1. The van der Waals surface area contributed by atoms with Crippen LogP contribution >= 0.6 is 0 Å². The number of nitrogens with two attached hydrogens (primary N) is 2. The Kier molecular flexibility index (Phi) is 5.57. The van der Waals surface area contributed by atoms with E-state index in [0.717, 1.165) is 0 Å². The van der Waals surface area contributed by atoms with Gasteiger partial charge in [0.1, 0.15) is 22.8 Å². The molecule has 0 saturated heterocycles. The Bertz CT molecular complexity index is 1540. The van der Waals surface area contributed by atoms with E-state index in [1.54, 1.807) is 18.2 Å². The smallest absolute Gasteiger partial charge is 0.337 e. The van der Waals surface area contributed by atoms with Crippen LogP contribution in [0.2, 0.25) is 0 Å². The maximum atomic E-state index is 13.6. The molecule has 5 rings (SSSR count). The normalized spacial score (nSPS) is 24.5. The summed E-state index contributed by atoms with van der Waals surface area (Å²) in [6, 6.07) is 7.48. The van der Waals surface area contributed by atoms with Gasteiger partial charge in [-0.25, -0.2) is 4.79 Å². The molecule has 1 saturated carbocycles. The second-order valence-electron chi connectivity index (χ2n) is 9.73. The number of methoxy groups -OCH3 is 1. The molecule has 0 aromatic heterocycles. The summed E-state index contributed by atoms with van der Waals surface area (Å²) in [7, 11) is 1.23. The van der Waals surface area contributed by atoms with E-state index >= 15 is 0 Å². The first-order chi connectivity index (χ1) is 17.9. The predicted octanol–water partition coefficient (Wildman–Crippen LogP) is 1.46. The van der Waals surface area contributed by atoms with Gasteiger partial charge in [-0.1, -0.05) is 6.07 Å². The van der Waals surface area contributed by atoms with Crippen LogP contribution in [0, 0.1) is 11.8 Å². The molecule has 3 atom stereocenters. The number of rotatable bonds is 3. The number of anilines is 1. The fraction of sp³-hybridized carbons (Fsp3) is 0.259. The third kappa shape index (κ3) is 3.39. The van der Waals surface area contributed by atoms with Crippen molar-refractivity contribution in [3.63, 3.8) is 0 Å². The first-order valence-corrected chi connectivity index (χ1v) is 11.7. The zero-order valence-electron chi connectivity index (χ0n) is 20.1. The van der Waals surface area contributed by atoms with Crippen molar-refractivity contribution in [3.05, 3.63) is 63.9 Å². The Hall–Kier alpha value is -4.64. The molecule has 0 unspecified atom stereocenters. The summed E-state index contributed by atoms with van der Waals surface area (Å²) in [5.41, 5.74) is 9.37. The highest BCUT2D eigenvalue weighted by molar-refractivity contribution is 6.22. The van der Waals surface area contributed by atoms with E-state index in [4.69, 9.17) is 16.2 Å². The Morgan fingerprint density at radius 1 is 1.08 bits per heavy atom. The minimum Gasteiger partial charge on any atom is -0.508 e. The SMILES string of the molecule is COC(=O)c1cc(N)cc(-c2ccc(O)c3c2C[C@H]2C[C@H]4CC(=O)C(C(N)=O)=C(O)[C@@]4(O)C(=O)C2=C3O)c1. The van der Waals surface area contributed by atoms with Crippen LogP contribution in [0.1, 0.15) is 34.3 Å². The number of amides is 1. The molecule has 3 aliphatic rings. The van der Waals surface area contributed by atoms with Gasteiger partial charge in [0.15, 0.2) is 11.4 Å². The van der Waals surface area contributed by atoms with Gasteiger partial charge in [-0.2, -0.15) is 0 Å². The molecule has 2 aromatic rings. The number of fused-ring (bicyclic) bond motifs is 3. The molecule has 196 valence electrons. The average Bonchev–Trinajstić information content (AvgIpc) is 2.85. The monoisotopic (exact) mass is 520 g/mol. The molecule has 2 aromatic carbocycles. The number of benzene rings is 2.